The zero-order valence-electron chi connectivity index (χ0n) is 25.0. The van der Waals surface area contributed by atoms with Gasteiger partial charge in [0.15, 0.2) is 17.2 Å². The van der Waals surface area contributed by atoms with Crippen LogP contribution in [0.15, 0.2) is 23.2 Å². The summed E-state index contributed by atoms with van der Waals surface area (Å²) in [4.78, 5) is 32.6. The van der Waals surface area contributed by atoms with E-state index in [0.717, 1.165) is 55.4 Å². The number of rotatable bonds is 5. The normalized spacial score (nSPS) is 17.0. The molecule has 12 heteroatoms. The summed E-state index contributed by atoms with van der Waals surface area (Å²) < 4.78 is 13.3. The first-order valence-electron chi connectivity index (χ1n) is 14.9. The lowest BCUT2D eigenvalue weighted by Crippen LogP contribution is -2.39. The number of fused-ring (bicyclic) bond motifs is 1. The van der Waals surface area contributed by atoms with Crippen LogP contribution in [0.3, 0.4) is 0 Å². The first kappa shape index (κ1) is 28.0. The van der Waals surface area contributed by atoms with Gasteiger partial charge in [-0.05, 0) is 71.8 Å². The lowest BCUT2D eigenvalue weighted by atomic mass is 9.91. The molecule has 0 aromatic carbocycles. The maximum atomic E-state index is 12.3. The van der Waals surface area contributed by atoms with E-state index >= 15 is 0 Å². The molecule has 42 heavy (non-hydrogen) atoms. The highest BCUT2D eigenvalue weighted by Gasteiger charge is 2.34. The number of hydrogen-bond donors (Lipinski definition) is 1. The molecule has 0 atom stereocenters. The number of anilines is 1. The Labute approximate surface area is 245 Å². The second-order valence-corrected chi connectivity index (χ2v) is 12.7. The Morgan fingerprint density at radius 2 is 1.69 bits per heavy atom. The molecule has 0 radical (unpaired) electrons. The predicted molar refractivity (Wildman–Crippen MR) is 158 cm³/mol. The molecule has 0 unspecified atom stereocenters. The molecule has 2 aliphatic rings. The molecule has 12 nitrogen and oxygen atoms in total. The van der Waals surface area contributed by atoms with Gasteiger partial charge in [-0.3, -0.25) is 0 Å². The quantitative estimate of drug-likeness (QED) is 0.317. The predicted octanol–water partition coefficient (Wildman–Crippen LogP) is 5.66. The fourth-order valence-corrected chi connectivity index (χ4v) is 6.10. The highest BCUT2D eigenvalue weighted by molar-refractivity contribution is 6.00. The van der Waals surface area contributed by atoms with Crippen LogP contribution in [0.4, 0.5) is 10.6 Å². The van der Waals surface area contributed by atoms with E-state index in [1.807, 2.05) is 30.9 Å². The Morgan fingerprint density at radius 3 is 2.33 bits per heavy atom. The first-order valence-corrected chi connectivity index (χ1v) is 14.9. The highest BCUT2D eigenvalue weighted by atomic mass is 16.6. The molecule has 6 rings (SSSR count). The summed E-state index contributed by atoms with van der Waals surface area (Å²) in [6.07, 6.45) is 10.9. The van der Waals surface area contributed by atoms with Gasteiger partial charge in [0.05, 0.1) is 22.6 Å². The van der Waals surface area contributed by atoms with Gasteiger partial charge in [0.2, 0.25) is 0 Å². The summed E-state index contributed by atoms with van der Waals surface area (Å²) in [5, 5.41) is 10.2. The molecule has 1 saturated heterocycles. The van der Waals surface area contributed by atoms with Crippen LogP contribution < -0.4 is 5.73 Å². The van der Waals surface area contributed by atoms with E-state index < -0.39 is 0 Å². The molecule has 2 fully saturated rings. The Kier molecular flexibility index (Phi) is 7.32. The lowest BCUT2D eigenvalue weighted by Gasteiger charge is -2.31. The summed E-state index contributed by atoms with van der Waals surface area (Å²) in [5.41, 5.74) is 9.61. The number of hydrogen-bond acceptors (Lipinski definition) is 10. The van der Waals surface area contributed by atoms with Crippen LogP contribution >= 0.6 is 0 Å². The SMILES string of the molecule is CC(C)OC(=O)N1CCC(c2cnc(-c3c(-c4nn(C(C)(C)C)c5ncnc(N)c45)noc3C3CCCC3)nc2)CC1. The van der Waals surface area contributed by atoms with Gasteiger partial charge in [0.25, 0.3) is 0 Å². The molecule has 1 amide bonds. The fourth-order valence-electron chi connectivity index (χ4n) is 6.10. The van der Waals surface area contributed by atoms with Gasteiger partial charge >= 0.3 is 6.09 Å². The number of aromatic nitrogens is 7. The standard InChI is InChI=1S/C30H39N9O3/c1-17(2)41-29(40)38-12-10-18(11-13-38)20-14-32-27(33-15-20)21-24(37-42-25(21)19-8-6-7-9-19)23-22-26(31)34-16-35-28(22)39(36-23)30(3,4)5/h14-19H,6-13H2,1-5H3,(H2,31,34,35). The summed E-state index contributed by atoms with van der Waals surface area (Å²) in [6.45, 7) is 11.2. The molecule has 4 aromatic rings. The topological polar surface area (TPSA) is 151 Å². The van der Waals surface area contributed by atoms with Crippen molar-refractivity contribution in [3.05, 3.63) is 30.0 Å². The van der Waals surface area contributed by atoms with Crippen LogP contribution in [0.2, 0.25) is 0 Å². The van der Waals surface area contributed by atoms with Crippen LogP contribution in [0.1, 0.15) is 96.3 Å². The van der Waals surface area contributed by atoms with Crippen molar-refractivity contribution in [2.24, 2.45) is 0 Å². The molecule has 1 saturated carbocycles. The number of piperidine rings is 1. The lowest BCUT2D eigenvalue weighted by molar-refractivity contribution is 0.0691. The van der Waals surface area contributed by atoms with Crippen molar-refractivity contribution in [1.29, 1.82) is 0 Å². The number of nitrogens with two attached hydrogens (primary N) is 1. The average molecular weight is 574 g/mol. The minimum Gasteiger partial charge on any atom is -0.447 e. The van der Waals surface area contributed by atoms with Crippen LogP contribution in [-0.2, 0) is 10.3 Å². The number of carbonyl (C=O) groups excluding carboxylic acids is 1. The third kappa shape index (κ3) is 5.18. The first-order chi connectivity index (χ1) is 20.1. The van der Waals surface area contributed by atoms with Crippen LogP contribution in [0.5, 0.6) is 0 Å². The highest BCUT2D eigenvalue weighted by Crippen LogP contribution is 2.44. The van der Waals surface area contributed by atoms with E-state index in [-0.39, 0.29) is 29.6 Å². The van der Waals surface area contributed by atoms with Gasteiger partial charge in [-0.2, -0.15) is 5.10 Å². The van der Waals surface area contributed by atoms with E-state index in [1.54, 1.807) is 4.90 Å². The second kappa shape index (κ2) is 11.0. The van der Waals surface area contributed by atoms with Crippen molar-refractivity contribution < 1.29 is 14.1 Å². The summed E-state index contributed by atoms with van der Waals surface area (Å²) in [5.74, 6) is 2.18. The Hall–Kier alpha value is -4.09. The zero-order valence-corrected chi connectivity index (χ0v) is 25.0. The van der Waals surface area contributed by atoms with Crippen molar-refractivity contribution >= 4 is 22.9 Å². The van der Waals surface area contributed by atoms with E-state index in [4.69, 9.17) is 30.1 Å². The summed E-state index contributed by atoms with van der Waals surface area (Å²) >= 11 is 0. The van der Waals surface area contributed by atoms with Gasteiger partial charge < -0.3 is 19.9 Å². The molecule has 0 spiro atoms. The van der Waals surface area contributed by atoms with Gasteiger partial charge in [0.1, 0.15) is 23.5 Å². The van der Waals surface area contributed by atoms with Crippen LogP contribution in [-0.4, -0.2) is 65.1 Å². The number of carbonyl (C=O) groups is 1. The Bertz CT molecular complexity index is 1570. The van der Waals surface area contributed by atoms with Crippen molar-refractivity contribution in [3.63, 3.8) is 0 Å². The third-order valence-corrected chi connectivity index (χ3v) is 8.25. The molecule has 5 heterocycles. The maximum absolute atomic E-state index is 12.3. The average Bonchev–Trinajstić information content (AvgIpc) is 3.71. The number of amides is 1. The van der Waals surface area contributed by atoms with E-state index in [1.165, 1.54) is 6.33 Å². The molecular formula is C30H39N9O3. The van der Waals surface area contributed by atoms with E-state index in [2.05, 4.69) is 35.9 Å². The molecule has 1 aliphatic carbocycles. The van der Waals surface area contributed by atoms with Crippen molar-refractivity contribution in [2.75, 3.05) is 18.8 Å². The Morgan fingerprint density at radius 1 is 1.00 bits per heavy atom. The van der Waals surface area contributed by atoms with Crippen LogP contribution in [0, 0.1) is 0 Å². The second-order valence-electron chi connectivity index (χ2n) is 12.7. The Balaban J connectivity index is 1.36. The zero-order chi connectivity index (χ0) is 29.6. The van der Waals surface area contributed by atoms with Gasteiger partial charge in [0, 0.05) is 31.4 Å². The maximum Gasteiger partial charge on any atom is 0.410 e. The molecule has 4 aromatic heterocycles. The molecular weight excluding hydrogens is 534 g/mol. The van der Waals surface area contributed by atoms with Crippen molar-refractivity contribution in [1.82, 2.24) is 39.8 Å². The molecule has 2 N–H and O–H groups in total. The number of likely N-dealkylation sites (tertiary alicyclic amines) is 1. The smallest absolute Gasteiger partial charge is 0.410 e. The number of nitrogens with zero attached hydrogens (tertiary/aromatic N) is 8. The van der Waals surface area contributed by atoms with E-state index in [0.29, 0.717) is 47.2 Å². The van der Waals surface area contributed by atoms with E-state index in [9.17, 15) is 4.79 Å². The minimum atomic E-state index is -0.352. The van der Waals surface area contributed by atoms with Gasteiger partial charge in [-0.15, -0.1) is 0 Å². The monoisotopic (exact) mass is 573 g/mol. The third-order valence-electron chi connectivity index (χ3n) is 8.25. The summed E-state index contributed by atoms with van der Waals surface area (Å²) in [7, 11) is 0. The summed E-state index contributed by atoms with van der Waals surface area (Å²) in [6, 6.07) is 0. The van der Waals surface area contributed by atoms with Crippen molar-refractivity contribution in [3.8, 4) is 22.8 Å². The largest absolute Gasteiger partial charge is 0.447 e. The molecule has 222 valence electrons. The molecule has 1 aliphatic heterocycles. The fraction of sp³-hybridized carbons (Fsp3) is 0.567. The minimum absolute atomic E-state index is 0.128. The van der Waals surface area contributed by atoms with Gasteiger partial charge in [-0.1, -0.05) is 18.0 Å². The van der Waals surface area contributed by atoms with Crippen molar-refractivity contribution in [2.45, 2.75) is 96.6 Å². The van der Waals surface area contributed by atoms with Crippen LogP contribution in [0.25, 0.3) is 33.8 Å². The number of nitrogen functional groups attached to an aromatic ring is 1. The number of ether oxygens (including phenoxy) is 1. The van der Waals surface area contributed by atoms with Gasteiger partial charge in [-0.25, -0.2) is 29.4 Å². The molecule has 0 bridgehead atoms.